The summed E-state index contributed by atoms with van der Waals surface area (Å²) in [7, 11) is 0. The summed E-state index contributed by atoms with van der Waals surface area (Å²) in [4.78, 5) is 34.4. The van der Waals surface area contributed by atoms with E-state index < -0.39 is 11.8 Å². The van der Waals surface area contributed by atoms with Gasteiger partial charge in [-0.2, -0.15) is 0 Å². The van der Waals surface area contributed by atoms with Gasteiger partial charge in [-0.25, -0.2) is 9.18 Å². The van der Waals surface area contributed by atoms with Gasteiger partial charge in [-0.15, -0.1) is 0 Å². The molecule has 0 fully saturated rings. The molecule has 0 radical (unpaired) electrons. The van der Waals surface area contributed by atoms with Crippen LogP contribution in [-0.4, -0.2) is 22.8 Å². The maximum absolute atomic E-state index is 12.8. The van der Waals surface area contributed by atoms with Crippen molar-refractivity contribution in [3.05, 3.63) is 65.5 Å². The van der Waals surface area contributed by atoms with Crippen LogP contribution in [0.3, 0.4) is 0 Å². The normalized spacial score (nSPS) is 10.1. The molecule has 2 N–H and O–H groups in total. The van der Waals surface area contributed by atoms with Crippen LogP contribution in [0.2, 0.25) is 0 Å². The van der Waals surface area contributed by atoms with Gasteiger partial charge in [-0.3, -0.25) is 9.59 Å². The van der Waals surface area contributed by atoms with Crippen molar-refractivity contribution >= 4 is 23.3 Å². The highest BCUT2D eigenvalue weighted by molar-refractivity contribution is 6.00. The topological polar surface area (TPSA) is 83.5 Å². The van der Waals surface area contributed by atoms with Gasteiger partial charge < -0.3 is 10.4 Å². The van der Waals surface area contributed by atoms with Crippen molar-refractivity contribution in [1.82, 2.24) is 0 Å². The van der Waals surface area contributed by atoms with Crippen LogP contribution in [0.4, 0.5) is 10.1 Å². The van der Waals surface area contributed by atoms with Crippen molar-refractivity contribution in [2.75, 3.05) is 5.32 Å². The summed E-state index contributed by atoms with van der Waals surface area (Å²) in [6.45, 7) is 0. The zero-order valence-electron chi connectivity index (χ0n) is 12.1. The molecule has 0 aliphatic rings. The zero-order chi connectivity index (χ0) is 16.8. The third-order valence-electron chi connectivity index (χ3n) is 3.16. The molecule has 0 aromatic heterocycles. The van der Waals surface area contributed by atoms with Crippen LogP contribution in [0, 0.1) is 5.82 Å². The molecule has 23 heavy (non-hydrogen) atoms. The van der Waals surface area contributed by atoms with Gasteiger partial charge in [0, 0.05) is 24.1 Å². The highest BCUT2D eigenvalue weighted by atomic mass is 19.1. The lowest BCUT2D eigenvalue weighted by Gasteiger charge is -2.05. The van der Waals surface area contributed by atoms with Crippen molar-refractivity contribution in [1.29, 1.82) is 0 Å². The number of carboxylic acids is 1. The summed E-state index contributed by atoms with van der Waals surface area (Å²) in [6, 6.07) is 10.8. The number of hydrogen-bond acceptors (Lipinski definition) is 3. The largest absolute Gasteiger partial charge is 0.478 e. The molecule has 118 valence electrons. The summed E-state index contributed by atoms with van der Waals surface area (Å²) in [5.41, 5.74) is 0.925. The highest BCUT2D eigenvalue weighted by Gasteiger charge is 2.10. The number of halogens is 1. The number of Topliss-reactive ketones (excluding diaryl/α,β-unsaturated/α-hetero) is 1. The summed E-state index contributed by atoms with van der Waals surface area (Å²) < 4.78 is 12.8. The van der Waals surface area contributed by atoms with E-state index in [-0.39, 0.29) is 30.1 Å². The molecule has 0 aliphatic carbocycles. The van der Waals surface area contributed by atoms with E-state index in [4.69, 9.17) is 5.11 Å². The van der Waals surface area contributed by atoms with Crippen LogP contribution in [0.15, 0.2) is 48.5 Å². The van der Waals surface area contributed by atoms with Gasteiger partial charge in [-0.1, -0.05) is 0 Å². The Morgan fingerprint density at radius 1 is 0.870 bits per heavy atom. The number of benzene rings is 2. The molecule has 2 aromatic carbocycles. The molecular weight excluding hydrogens is 301 g/mol. The quantitative estimate of drug-likeness (QED) is 0.802. The molecule has 0 aliphatic heterocycles. The van der Waals surface area contributed by atoms with Gasteiger partial charge >= 0.3 is 5.97 Å². The SMILES string of the molecule is O=C(CCC(=O)c1ccc(F)cc1)Nc1ccc(C(=O)O)cc1. The van der Waals surface area contributed by atoms with Crippen LogP contribution in [0.25, 0.3) is 0 Å². The lowest BCUT2D eigenvalue weighted by atomic mass is 10.1. The standard InChI is InChI=1S/C17H14FNO4/c18-13-5-1-11(2-6-13)15(20)9-10-16(21)19-14-7-3-12(4-8-14)17(22)23/h1-8H,9-10H2,(H,19,21)(H,22,23). The number of ketones is 1. The fraction of sp³-hybridized carbons (Fsp3) is 0.118. The molecule has 2 rings (SSSR count). The smallest absolute Gasteiger partial charge is 0.335 e. The first-order chi connectivity index (χ1) is 11.0. The molecule has 6 heteroatoms. The van der Waals surface area contributed by atoms with Gasteiger partial charge in [0.25, 0.3) is 0 Å². The van der Waals surface area contributed by atoms with E-state index in [1.54, 1.807) is 0 Å². The average Bonchev–Trinajstić information content (AvgIpc) is 2.54. The minimum absolute atomic E-state index is 0.00464. The minimum atomic E-state index is -1.05. The lowest BCUT2D eigenvalue weighted by molar-refractivity contribution is -0.116. The molecule has 0 heterocycles. The van der Waals surface area contributed by atoms with E-state index in [2.05, 4.69) is 5.32 Å². The lowest BCUT2D eigenvalue weighted by Crippen LogP contribution is -2.13. The number of nitrogens with one attached hydrogen (secondary N) is 1. The average molecular weight is 315 g/mol. The summed E-state index contributed by atoms with van der Waals surface area (Å²) in [6.07, 6.45) is -0.0123. The van der Waals surface area contributed by atoms with Crippen LogP contribution in [0.5, 0.6) is 0 Å². The number of carbonyl (C=O) groups excluding carboxylic acids is 2. The Balaban J connectivity index is 1.86. The minimum Gasteiger partial charge on any atom is -0.478 e. The summed E-state index contributed by atoms with van der Waals surface area (Å²) in [5, 5.41) is 11.4. The van der Waals surface area contributed by atoms with Crippen molar-refractivity contribution in [3.8, 4) is 0 Å². The Kier molecular flexibility index (Phi) is 5.19. The second-order valence-corrected chi connectivity index (χ2v) is 4.86. The monoisotopic (exact) mass is 315 g/mol. The van der Waals surface area contributed by atoms with Gasteiger partial charge in [0.2, 0.25) is 5.91 Å². The molecule has 5 nitrogen and oxygen atoms in total. The number of rotatable bonds is 6. The van der Waals surface area contributed by atoms with E-state index in [0.29, 0.717) is 11.3 Å². The predicted octanol–water partition coefficient (Wildman–Crippen LogP) is 3.13. The Labute approximate surface area is 131 Å². The van der Waals surface area contributed by atoms with Gasteiger partial charge in [-0.05, 0) is 48.5 Å². The maximum atomic E-state index is 12.8. The number of carbonyl (C=O) groups is 3. The highest BCUT2D eigenvalue weighted by Crippen LogP contribution is 2.12. The molecule has 0 saturated heterocycles. The summed E-state index contributed by atoms with van der Waals surface area (Å²) in [5.74, 6) is -2.08. The number of anilines is 1. The maximum Gasteiger partial charge on any atom is 0.335 e. The van der Waals surface area contributed by atoms with Crippen LogP contribution in [-0.2, 0) is 4.79 Å². The van der Waals surface area contributed by atoms with Gasteiger partial charge in [0.1, 0.15) is 5.82 Å². The van der Waals surface area contributed by atoms with Crippen molar-refractivity contribution < 1.29 is 23.9 Å². The number of amides is 1. The Morgan fingerprint density at radius 3 is 2.00 bits per heavy atom. The Bertz CT molecular complexity index is 723. The zero-order valence-corrected chi connectivity index (χ0v) is 12.1. The second kappa shape index (κ2) is 7.31. The Morgan fingerprint density at radius 2 is 1.43 bits per heavy atom. The molecule has 0 saturated carbocycles. The third kappa shape index (κ3) is 4.74. The van der Waals surface area contributed by atoms with Crippen molar-refractivity contribution in [3.63, 3.8) is 0 Å². The predicted molar refractivity (Wildman–Crippen MR) is 82.0 cm³/mol. The van der Waals surface area contributed by atoms with Crippen LogP contribution < -0.4 is 5.32 Å². The number of carboxylic acid groups (broad SMARTS) is 1. The molecule has 1 amide bonds. The molecule has 0 unspecified atom stereocenters. The summed E-state index contributed by atoms with van der Waals surface area (Å²) >= 11 is 0. The van der Waals surface area contributed by atoms with Crippen molar-refractivity contribution in [2.45, 2.75) is 12.8 Å². The third-order valence-corrected chi connectivity index (χ3v) is 3.16. The fourth-order valence-electron chi connectivity index (χ4n) is 1.93. The van der Waals surface area contributed by atoms with E-state index in [1.807, 2.05) is 0 Å². The fourth-order valence-corrected chi connectivity index (χ4v) is 1.93. The Hall–Kier alpha value is -3.02. The molecule has 0 bridgehead atoms. The first-order valence-electron chi connectivity index (χ1n) is 6.87. The molecule has 0 spiro atoms. The molecule has 0 atom stereocenters. The van der Waals surface area contributed by atoms with E-state index in [0.717, 1.165) is 0 Å². The van der Waals surface area contributed by atoms with Crippen LogP contribution in [0.1, 0.15) is 33.6 Å². The second-order valence-electron chi connectivity index (χ2n) is 4.86. The van der Waals surface area contributed by atoms with E-state index in [1.165, 1.54) is 48.5 Å². The van der Waals surface area contributed by atoms with Gasteiger partial charge in [0.05, 0.1) is 5.56 Å². The first-order valence-corrected chi connectivity index (χ1v) is 6.87. The number of aromatic carboxylic acids is 1. The first kappa shape index (κ1) is 16.4. The van der Waals surface area contributed by atoms with E-state index >= 15 is 0 Å². The van der Waals surface area contributed by atoms with Crippen LogP contribution >= 0.6 is 0 Å². The number of hydrogen-bond donors (Lipinski definition) is 2. The van der Waals surface area contributed by atoms with E-state index in [9.17, 15) is 18.8 Å². The molecule has 2 aromatic rings. The molecular formula is C17H14FNO4. The van der Waals surface area contributed by atoms with Crippen molar-refractivity contribution in [2.24, 2.45) is 0 Å². The van der Waals surface area contributed by atoms with Gasteiger partial charge in [0.15, 0.2) is 5.78 Å².